The number of nitrogens with zero attached hydrogens (tertiary/aromatic N) is 1. The second-order valence-corrected chi connectivity index (χ2v) is 4.30. The van der Waals surface area contributed by atoms with Gasteiger partial charge in [0.1, 0.15) is 18.0 Å². The highest BCUT2D eigenvalue weighted by Crippen LogP contribution is 2.28. The molecule has 0 aliphatic heterocycles. The minimum absolute atomic E-state index is 0.145. The Morgan fingerprint density at radius 3 is 2.75 bits per heavy atom. The molecule has 0 aliphatic carbocycles. The molecule has 1 aromatic rings. The van der Waals surface area contributed by atoms with E-state index >= 15 is 0 Å². The molecule has 0 aliphatic rings. The summed E-state index contributed by atoms with van der Waals surface area (Å²) < 4.78 is 22.9. The van der Waals surface area contributed by atoms with Gasteiger partial charge in [0.2, 0.25) is 0 Å². The molecule has 2 N–H and O–H groups in total. The average Bonchev–Trinajstić information content (AvgIpc) is 2.36. The van der Waals surface area contributed by atoms with Gasteiger partial charge in [-0.25, -0.2) is 9.18 Å². The number of nitro groups is 1. The minimum Gasteiger partial charge on any atom is -0.484 e. The van der Waals surface area contributed by atoms with Crippen LogP contribution in [0, 0.1) is 15.9 Å². The molecule has 0 saturated heterocycles. The lowest BCUT2D eigenvalue weighted by Gasteiger charge is -2.22. The quantitative estimate of drug-likeness (QED) is 0.481. The van der Waals surface area contributed by atoms with Gasteiger partial charge in [-0.1, -0.05) is 0 Å². The van der Waals surface area contributed by atoms with E-state index in [0.717, 1.165) is 18.2 Å². The number of rotatable bonds is 6. The van der Waals surface area contributed by atoms with E-state index in [1.807, 2.05) is 0 Å². The van der Waals surface area contributed by atoms with Crippen molar-refractivity contribution >= 4 is 11.7 Å². The van der Waals surface area contributed by atoms with Crippen LogP contribution in [0.4, 0.5) is 10.1 Å². The van der Waals surface area contributed by atoms with Crippen LogP contribution >= 0.6 is 0 Å². The molecule has 1 atom stereocenters. The van der Waals surface area contributed by atoms with E-state index in [2.05, 4.69) is 0 Å². The van der Waals surface area contributed by atoms with Gasteiger partial charge in [0.05, 0.1) is 11.5 Å². The molecule has 7 nitrogen and oxygen atoms in total. The normalized spacial score (nSPS) is 13.4. The summed E-state index contributed by atoms with van der Waals surface area (Å²) in [4.78, 5) is 21.6. The van der Waals surface area contributed by atoms with E-state index in [1.54, 1.807) is 6.92 Å². The summed E-state index contributed by atoms with van der Waals surface area (Å²) in [6.07, 6.45) is 0. The van der Waals surface area contributed by atoms with Crippen molar-refractivity contribution < 1.29 is 23.6 Å². The van der Waals surface area contributed by atoms with Gasteiger partial charge in [0.25, 0.3) is 0 Å². The second kappa shape index (κ2) is 6.29. The van der Waals surface area contributed by atoms with Crippen LogP contribution in [-0.2, 0) is 9.53 Å². The first kappa shape index (κ1) is 15.8. The third-order valence-electron chi connectivity index (χ3n) is 2.39. The van der Waals surface area contributed by atoms with Crippen molar-refractivity contribution in [2.75, 3.05) is 13.2 Å². The molecule has 0 saturated carbocycles. The summed E-state index contributed by atoms with van der Waals surface area (Å²) in [6, 6.07) is 2.78. The van der Waals surface area contributed by atoms with E-state index in [-0.39, 0.29) is 19.0 Å². The van der Waals surface area contributed by atoms with Crippen LogP contribution < -0.4 is 10.5 Å². The van der Waals surface area contributed by atoms with Gasteiger partial charge in [0.15, 0.2) is 5.75 Å². The Morgan fingerprint density at radius 2 is 2.20 bits per heavy atom. The summed E-state index contributed by atoms with van der Waals surface area (Å²) in [5.74, 6) is -1.70. The molecule has 0 spiro atoms. The maximum atomic E-state index is 13.1. The minimum atomic E-state index is -1.49. The van der Waals surface area contributed by atoms with E-state index in [4.69, 9.17) is 15.2 Å². The first-order valence-electron chi connectivity index (χ1n) is 5.80. The van der Waals surface area contributed by atoms with Crippen molar-refractivity contribution in [2.24, 2.45) is 5.73 Å². The maximum absolute atomic E-state index is 13.1. The number of esters is 1. The molecule has 1 unspecified atom stereocenters. The molecule has 0 heterocycles. The topological polar surface area (TPSA) is 105 Å². The van der Waals surface area contributed by atoms with E-state index in [1.165, 1.54) is 6.92 Å². The Hall–Kier alpha value is -2.22. The van der Waals surface area contributed by atoms with Crippen LogP contribution in [0.1, 0.15) is 13.8 Å². The average molecular weight is 286 g/mol. The summed E-state index contributed by atoms with van der Waals surface area (Å²) in [5, 5.41) is 10.8. The monoisotopic (exact) mass is 286 g/mol. The largest absolute Gasteiger partial charge is 0.484 e. The second-order valence-electron chi connectivity index (χ2n) is 4.30. The van der Waals surface area contributed by atoms with E-state index in [9.17, 15) is 19.3 Å². The zero-order chi connectivity index (χ0) is 15.3. The highest BCUT2D eigenvalue weighted by atomic mass is 19.1. The number of nitro benzene ring substituents is 1. The summed E-state index contributed by atoms with van der Waals surface area (Å²) >= 11 is 0. The van der Waals surface area contributed by atoms with Crippen molar-refractivity contribution in [2.45, 2.75) is 19.4 Å². The van der Waals surface area contributed by atoms with Gasteiger partial charge in [-0.05, 0) is 19.9 Å². The lowest BCUT2D eigenvalue weighted by Crippen LogP contribution is -2.51. The highest BCUT2D eigenvalue weighted by molar-refractivity contribution is 5.80. The number of ether oxygens (including phenoxy) is 2. The van der Waals surface area contributed by atoms with Crippen LogP contribution in [0.15, 0.2) is 18.2 Å². The molecule has 0 radical (unpaired) electrons. The van der Waals surface area contributed by atoms with Gasteiger partial charge in [-0.15, -0.1) is 0 Å². The molecule has 0 aromatic heterocycles. The summed E-state index contributed by atoms with van der Waals surface area (Å²) in [7, 11) is 0. The first-order valence-corrected chi connectivity index (χ1v) is 5.80. The number of carbonyl (C=O) groups is 1. The summed E-state index contributed by atoms with van der Waals surface area (Å²) in [6.45, 7) is 2.74. The fourth-order valence-corrected chi connectivity index (χ4v) is 1.34. The lowest BCUT2D eigenvalue weighted by atomic mass is 10.1. The number of halogens is 1. The fraction of sp³-hybridized carbons (Fsp3) is 0.417. The van der Waals surface area contributed by atoms with Crippen molar-refractivity contribution in [1.29, 1.82) is 0 Å². The van der Waals surface area contributed by atoms with Crippen molar-refractivity contribution in [3.8, 4) is 5.75 Å². The molecule has 0 fully saturated rings. The molecule has 1 aromatic carbocycles. The Balaban J connectivity index is 2.86. The number of nitrogens with two attached hydrogens (primary N) is 1. The lowest BCUT2D eigenvalue weighted by molar-refractivity contribution is -0.386. The zero-order valence-electron chi connectivity index (χ0n) is 11.1. The number of benzene rings is 1. The maximum Gasteiger partial charge on any atom is 0.329 e. The van der Waals surface area contributed by atoms with Gasteiger partial charge >= 0.3 is 11.7 Å². The molecule has 0 bridgehead atoms. The van der Waals surface area contributed by atoms with Crippen molar-refractivity contribution in [3.05, 3.63) is 34.1 Å². The molecular weight excluding hydrogens is 271 g/mol. The Kier molecular flexibility index (Phi) is 4.98. The van der Waals surface area contributed by atoms with Crippen molar-refractivity contribution in [3.63, 3.8) is 0 Å². The predicted molar refractivity (Wildman–Crippen MR) is 67.8 cm³/mol. The van der Waals surface area contributed by atoms with Crippen LogP contribution in [0.2, 0.25) is 0 Å². The number of hydrogen-bond donors (Lipinski definition) is 1. The first-order chi connectivity index (χ1) is 9.27. The molecule has 110 valence electrons. The van der Waals surface area contributed by atoms with Gasteiger partial charge in [-0.2, -0.15) is 0 Å². The van der Waals surface area contributed by atoms with Gasteiger partial charge in [-0.3, -0.25) is 10.1 Å². The molecular formula is C12H15FN2O5. The number of hydrogen-bond acceptors (Lipinski definition) is 6. The fourth-order valence-electron chi connectivity index (χ4n) is 1.34. The van der Waals surface area contributed by atoms with Crippen LogP contribution in [-0.4, -0.2) is 29.6 Å². The Bertz CT molecular complexity index is 519. The van der Waals surface area contributed by atoms with E-state index < -0.39 is 27.9 Å². The smallest absolute Gasteiger partial charge is 0.329 e. The molecule has 20 heavy (non-hydrogen) atoms. The zero-order valence-corrected chi connectivity index (χ0v) is 11.1. The standard InChI is InChI=1S/C12H15FN2O5/c1-3-19-11(16)12(2,14)7-20-10-6-8(13)4-5-9(10)15(17)18/h4-6H,3,7,14H2,1-2H3. The third kappa shape index (κ3) is 3.89. The Labute approximate surface area is 114 Å². The Morgan fingerprint density at radius 1 is 1.55 bits per heavy atom. The van der Waals surface area contributed by atoms with Crippen LogP contribution in [0.5, 0.6) is 5.75 Å². The van der Waals surface area contributed by atoms with Gasteiger partial charge < -0.3 is 15.2 Å². The SMILES string of the molecule is CCOC(=O)C(C)(N)COc1cc(F)ccc1[N+](=O)[O-]. The molecule has 1 rings (SSSR count). The van der Waals surface area contributed by atoms with Crippen molar-refractivity contribution in [1.82, 2.24) is 0 Å². The number of carbonyl (C=O) groups excluding carboxylic acids is 1. The van der Waals surface area contributed by atoms with Crippen LogP contribution in [0.3, 0.4) is 0 Å². The summed E-state index contributed by atoms with van der Waals surface area (Å²) in [5.41, 5.74) is 3.79. The van der Waals surface area contributed by atoms with Gasteiger partial charge in [0, 0.05) is 12.1 Å². The molecule has 0 amide bonds. The predicted octanol–water partition coefficient (Wildman–Crippen LogP) is 1.39. The third-order valence-corrected chi connectivity index (χ3v) is 2.39. The molecule has 8 heteroatoms. The highest BCUT2D eigenvalue weighted by Gasteiger charge is 2.32. The van der Waals surface area contributed by atoms with Crippen LogP contribution in [0.25, 0.3) is 0 Å². The van der Waals surface area contributed by atoms with E-state index in [0.29, 0.717) is 0 Å².